The highest BCUT2D eigenvalue weighted by atomic mass is 16.7. The Bertz CT molecular complexity index is 1140. The lowest BCUT2D eigenvalue weighted by atomic mass is 10.2. The normalized spacial score (nSPS) is 11.9. The standard InChI is InChI=1S/C23H18N2O6/c1-28-18-8-5-16(6-9-18)23(27)31-19-4-2-3-15(11-19)13-24-25-22(26)17-7-10-20-21(12-17)30-14-29-20/h2-13H,14H2,1H3,(H,25,26)/b24-13+. The molecule has 0 spiro atoms. The molecule has 0 saturated carbocycles. The Morgan fingerprint density at radius 2 is 1.71 bits per heavy atom. The van der Waals surface area contributed by atoms with Crippen molar-refractivity contribution >= 4 is 18.1 Å². The highest BCUT2D eigenvalue weighted by Crippen LogP contribution is 2.32. The zero-order valence-electron chi connectivity index (χ0n) is 16.5. The van der Waals surface area contributed by atoms with E-state index in [-0.39, 0.29) is 6.79 Å². The monoisotopic (exact) mass is 418 g/mol. The number of methoxy groups -OCH3 is 1. The van der Waals surface area contributed by atoms with Crippen LogP contribution in [-0.4, -0.2) is 32.0 Å². The molecule has 0 bridgehead atoms. The molecule has 0 unspecified atom stereocenters. The van der Waals surface area contributed by atoms with Crippen molar-refractivity contribution < 1.29 is 28.5 Å². The quantitative estimate of drug-likeness (QED) is 0.285. The Kier molecular flexibility index (Phi) is 5.79. The van der Waals surface area contributed by atoms with Gasteiger partial charge in [-0.15, -0.1) is 0 Å². The molecular formula is C23H18N2O6. The van der Waals surface area contributed by atoms with E-state index in [0.717, 1.165) is 0 Å². The maximum Gasteiger partial charge on any atom is 0.343 e. The Labute approximate surface area is 178 Å². The van der Waals surface area contributed by atoms with Gasteiger partial charge in [0.2, 0.25) is 6.79 Å². The summed E-state index contributed by atoms with van der Waals surface area (Å²) in [7, 11) is 1.55. The molecule has 1 amide bonds. The molecule has 0 aliphatic carbocycles. The summed E-state index contributed by atoms with van der Waals surface area (Å²) < 4.78 is 21.0. The van der Waals surface area contributed by atoms with Crippen molar-refractivity contribution in [3.63, 3.8) is 0 Å². The van der Waals surface area contributed by atoms with Gasteiger partial charge in [0.25, 0.3) is 5.91 Å². The van der Waals surface area contributed by atoms with Gasteiger partial charge in [0.1, 0.15) is 11.5 Å². The van der Waals surface area contributed by atoms with E-state index >= 15 is 0 Å². The van der Waals surface area contributed by atoms with Crippen LogP contribution in [0.4, 0.5) is 0 Å². The van der Waals surface area contributed by atoms with Crippen LogP contribution in [0.15, 0.2) is 71.8 Å². The number of fused-ring (bicyclic) bond motifs is 1. The van der Waals surface area contributed by atoms with Crippen LogP contribution in [-0.2, 0) is 0 Å². The number of amides is 1. The Morgan fingerprint density at radius 1 is 0.935 bits per heavy atom. The maximum atomic E-state index is 12.3. The average Bonchev–Trinajstić information content (AvgIpc) is 3.27. The molecule has 1 aliphatic rings. The fourth-order valence-corrected chi connectivity index (χ4v) is 2.82. The molecule has 156 valence electrons. The van der Waals surface area contributed by atoms with Gasteiger partial charge in [0.05, 0.1) is 18.9 Å². The van der Waals surface area contributed by atoms with Crippen molar-refractivity contribution in [1.29, 1.82) is 0 Å². The van der Waals surface area contributed by atoms with Crippen molar-refractivity contribution in [2.75, 3.05) is 13.9 Å². The first-order valence-electron chi connectivity index (χ1n) is 9.32. The van der Waals surface area contributed by atoms with Crippen LogP contribution in [0.1, 0.15) is 26.3 Å². The molecule has 0 saturated heterocycles. The van der Waals surface area contributed by atoms with E-state index in [4.69, 9.17) is 18.9 Å². The van der Waals surface area contributed by atoms with Gasteiger partial charge in [-0.3, -0.25) is 4.79 Å². The van der Waals surface area contributed by atoms with Gasteiger partial charge in [-0.25, -0.2) is 10.2 Å². The maximum absolute atomic E-state index is 12.3. The van der Waals surface area contributed by atoms with Gasteiger partial charge in [-0.2, -0.15) is 5.10 Å². The second-order valence-corrected chi connectivity index (χ2v) is 6.46. The zero-order chi connectivity index (χ0) is 21.6. The van der Waals surface area contributed by atoms with Crippen LogP contribution in [0.3, 0.4) is 0 Å². The number of carbonyl (C=O) groups is 2. The average molecular weight is 418 g/mol. The lowest BCUT2D eigenvalue weighted by molar-refractivity contribution is 0.0734. The molecule has 1 N–H and O–H groups in total. The van der Waals surface area contributed by atoms with Gasteiger partial charge < -0.3 is 18.9 Å². The van der Waals surface area contributed by atoms with Crippen molar-refractivity contribution in [3.05, 3.63) is 83.4 Å². The molecule has 1 aliphatic heterocycles. The zero-order valence-corrected chi connectivity index (χ0v) is 16.5. The van der Waals surface area contributed by atoms with Crippen molar-refractivity contribution in [2.45, 2.75) is 0 Å². The summed E-state index contributed by atoms with van der Waals surface area (Å²) in [5.74, 6) is 1.23. The molecule has 3 aromatic carbocycles. The van der Waals surface area contributed by atoms with Gasteiger partial charge in [0, 0.05) is 5.56 Å². The fraction of sp³-hybridized carbons (Fsp3) is 0.0870. The molecule has 0 aromatic heterocycles. The second kappa shape index (κ2) is 9.00. The molecule has 1 heterocycles. The molecule has 4 rings (SSSR count). The third kappa shape index (κ3) is 4.81. The minimum absolute atomic E-state index is 0.137. The summed E-state index contributed by atoms with van der Waals surface area (Å²) in [6.45, 7) is 0.137. The Hall–Kier alpha value is -4.33. The largest absolute Gasteiger partial charge is 0.497 e. The Morgan fingerprint density at radius 3 is 2.52 bits per heavy atom. The van der Waals surface area contributed by atoms with Gasteiger partial charge in [-0.1, -0.05) is 12.1 Å². The number of hydrogen-bond acceptors (Lipinski definition) is 7. The van der Waals surface area contributed by atoms with E-state index in [1.54, 1.807) is 73.8 Å². The van der Waals surface area contributed by atoms with Crippen LogP contribution in [0.5, 0.6) is 23.0 Å². The van der Waals surface area contributed by atoms with Crippen LogP contribution >= 0.6 is 0 Å². The van der Waals surface area contributed by atoms with Crippen molar-refractivity contribution in [3.8, 4) is 23.0 Å². The van der Waals surface area contributed by atoms with Crippen molar-refractivity contribution in [1.82, 2.24) is 5.43 Å². The topological polar surface area (TPSA) is 95.5 Å². The van der Waals surface area contributed by atoms with E-state index in [1.807, 2.05) is 0 Å². The first-order valence-corrected chi connectivity index (χ1v) is 9.32. The first kappa shape index (κ1) is 20.0. The molecule has 8 heteroatoms. The summed E-state index contributed by atoms with van der Waals surface area (Å²) >= 11 is 0. The lowest BCUT2D eigenvalue weighted by Gasteiger charge is -2.06. The smallest absolute Gasteiger partial charge is 0.343 e. The summed E-state index contributed by atoms with van der Waals surface area (Å²) in [5.41, 5.74) is 3.89. The number of rotatable bonds is 6. The number of benzene rings is 3. The first-order chi connectivity index (χ1) is 15.1. The minimum atomic E-state index is -0.493. The van der Waals surface area contributed by atoms with Crippen LogP contribution in [0.25, 0.3) is 0 Å². The SMILES string of the molecule is COc1ccc(C(=O)Oc2cccc(/C=N/NC(=O)c3ccc4c(c3)OCO4)c2)cc1. The van der Waals surface area contributed by atoms with E-state index in [0.29, 0.717) is 39.7 Å². The number of hydrogen-bond donors (Lipinski definition) is 1. The fourth-order valence-electron chi connectivity index (χ4n) is 2.82. The predicted octanol–water partition coefficient (Wildman–Crippen LogP) is 3.41. The van der Waals surface area contributed by atoms with Gasteiger partial charge >= 0.3 is 5.97 Å². The number of hydrazone groups is 1. The molecule has 0 fully saturated rings. The van der Waals surface area contributed by atoms with E-state index in [1.165, 1.54) is 6.21 Å². The second-order valence-electron chi connectivity index (χ2n) is 6.46. The molecule has 0 radical (unpaired) electrons. The third-order valence-corrected chi connectivity index (χ3v) is 4.41. The molecule has 0 atom stereocenters. The summed E-state index contributed by atoms with van der Waals surface area (Å²) in [5, 5.41) is 3.96. The van der Waals surface area contributed by atoms with Crippen LogP contribution in [0, 0.1) is 0 Å². The highest BCUT2D eigenvalue weighted by molar-refractivity contribution is 5.95. The highest BCUT2D eigenvalue weighted by Gasteiger charge is 2.16. The lowest BCUT2D eigenvalue weighted by Crippen LogP contribution is -2.17. The molecular weight excluding hydrogens is 400 g/mol. The van der Waals surface area contributed by atoms with Crippen molar-refractivity contribution in [2.24, 2.45) is 5.10 Å². The summed E-state index contributed by atoms with van der Waals surface area (Å²) in [6, 6.07) is 18.3. The van der Waals surface area contributed by atoms with Gasteiger partial charge in [0.15, 0.2) is 11.5 Å². The summed E-state index contributed by atoms with van der Waals surface area (Å²) in [4.78, 5) is 24.5. The number of esters is 1. The summed E-state index contributed by atoms with van der Waals surface area (Å²) in [6.07, 6.45) is 1.45. The predicted molar refractivity (Wildman–Crippen MR) is 112 cm³/mol. The number of carbonyl (C=O) groups excluding carboxylic acids is 2. The van der Waals surface area contributed by atoms with E-state index in [2.05, 4.69) is 10.5 Å². The minimum Gasteiger partial charge on any atom is -0.497 e. The number of ether oxygens (including phenoxy) is 4. The van der Waals surface area contributed by atoms with E-state index in [9.17, 15) is 9.59 Å². The van der Waals surface area contributed by atoms with Crippen LogP contribution < -0.4 is 24.4 Å². The van der Waals surface area contributed by atoms with E-state index < -0.39 is 11.9 Å². The van der Waals surface area contributed by atoms with Crippen LogP contribution in [0.2, 0.25) is 0 Å². The molecule has 3 aromatic rings. The number of nitrogens with zero attached hydrogens (tertiary/aromatic N) is 1. The Balaban J connectivity index is 1.37. The van der Waals surface area contributed by atoms with Gasteiger partial charge in [-0.05, 0) is 60.2 Å². The number of nitrogens with one attached hydrogen (secondary N) is 1. The molecule has 31 heavy (non-hydrogen) atoms. The molecule has 8 nitrogen and oxygen atoms in total. The third-order valence-electron chi connectivity index (χ3n) is 4.41.